The Morgan fingerprint density at radius 3 is 2.85 bits per heavy atom. The molecule has 1 atom stereocenters. The van der Waals surface area contributed by atoms with Gasteiger partial charge in [-0.2, -0.15) is 5.10 Å². The molecule has 9 nitrogen and oxygen atoms in total. The SMILES string of the molecule is CC(NC(=O)c1nn(CCO)c2c1CN(C(=O)c1cn3ccsc3n1)CC2)c1ccccc1. The summed E-state index contributed by atoms with van der Waals surface area (Å²) in [5.41, 5.74) is 3.28. The topological polar surface area (TPSA) is 105 Å². The first-order valence-electron chi connectivity index (χ1n) is 10.8. The number of aromatic nitrogens is 4. The summed E-state index contributed by atoms with van der Waals surface area (Å²) in [6.07, 6.45) is 4.15. The van der Waals surface area contributed by atoms with Crippen LogP contribution in [0.4, 0.5) is 0 Å². The van der Waals surface area contributed by atoms with Gasteiger partial charge in [0.2, 0.25) is 0 Å². The average Bonchev–Trinajstić information content (AvgIpc) is 3.53. The van der Waals surface area contributed by atoms with Crippen molar-refractivity contribution in [3.05, 3.63) is 76.3 Å². The number of hydrogen-bond acceptors (Lipinski definition) is 6. The van der Waals surface area contributed by atoms with E-state index < -0.39 is 0 Å². The van der Waals surface area contributed by atoms with Crippen LogP contribution in [0.25, 0.3) is 4.96 Å². The van der Waals surface area contributed by atoms with Crippen molar-refractivity contribution in [2.75, 3.05) is 13.2 Å². The molecule has 4 heterocycles. The average molecular weight is 465 g/mol. The van der Waals surface area contributed by atoms with Gasteiger partial charge in [0.15, 0.2) is 10.7 Å². The van der Waals surface area contributed by atoms with Crippen LogP contribution in [0, 0.1) is 0 Å². The zero-order valence-corrected chi connectivity index (χ0v) is 19.0. The zero-order chi connectivity index (χ0) is 22.9. The number of rotatable bonds is 6. The normalized spacial score (nSPS) is 14.3. The number of nitrogens with one attached hydrogen (secondary N) is 1. The maximum atomic E-state index is 13.2. The molecule has 0 radical (unpaired) electrons. The third-order valence-corrected chi connectivity index (χ3v) is 6.68. The highest BCUT2D eigenvalue weighted by atomic mass is 32.1. The summed E-state index contributed by atoms with van der Waals surface area (Å²) >= 11 is 1.47. The predicted molar refractivity (Wildman–Crippen MR) is 123 cm³/mol. The summed E-state index contributed by atoms with van der Waals surface area (Å²) in [5, 5.41) is 18.9. The molecule has 170 valence electrons. The van der Waals surface area contributed by atoms with E-state index >= 15 is 0 Å². The van der Waals surface area contributed by atoms with Gasteiger partial charge in [-0.1, -0.05) is 30.3 Å². The molecule has 2 N–H and O–H groups in total. The zero-order valence-electron chi connectivity index (χ0n) is 18.1. The minimum Gasteiger partial charge on any atom is -0.394 e. The summed E-state index contributed by atoms with van der Waals surface area (Å²) in [5.74, 6) is -0.466. The molecule has 0 aliphatic carbocycles. The molecule has 1 unspecified atom stereocenters. The molecule has 10 heteroatoms. The predicted octanol–water partition coefficient (Wildman–Crippen LogP) is 2.27. The second kappa shape index (κ2) is 8.80. The Morgan fingerprint density at radius 2 is 2.09 bits per heavy atom. The number of benzene rings is 1. The lowest BCUT2D eigenvalue weighted by Gasteiger charge is -2.27. The second-order valence-electron chi connectivity index (χ2n) is 8.02. The van der Waals surface area contributed by atoms with Gasteiger partial charge in [-0.15, -0.1) is 11.3 Å². The van der Waals surface area contributed by atoms with Gasteiger partial charge in [0.25, 0.3) is 11.8 Å². The van der Waals surface area contributed by atoms with Crippen LogP contribution >= 0.6 is 11.3 Å². The van der Waals surface area contributed by atoms with Crippen LogP contribution in [-0.2, 0) is 19.5 Å². The van der Waals surface area contributed by atoms with Crippen LogP contribution in [0.3, 0.4) is 0 Å². The molecular formula is C23H24N6O3S. The Labute approximate surface area is 194 Å². The van der Waals surface area contributed by atoms with Gasteiger partial charge in [-0.25, -0.2) is 4.98 Å². The molecule has 4 aromatic rings. The van der Waals surface area contributed by atoms with E-state index in [0.717, 1.165) is 21.8 Å². The van der Waals surface area contributed by atoms with Gasteiger partial charge in [0.1, 0.15) is 5.69 Å². The maximum Gasteiger partial charge on any atom is 0.274 e. The first-order valence-corrected chi connectivity index (χ1v) is 11.7. The van der Waals surface area contributed by atoms with E-state index in [1.54, 1.807) is 15.8 Å². The fraction of sp³-hybridized carbons (Fsp3) is 0.304. The van der Waals surface area contributed by atoms with Crippen LogP contribution in [0.5, 0.6) is 0 Å². The van der Waals surface area contributed by atoms with E-state index in [9.17, 15) is 14.7 Å². The van der Waals surface area contributed by atoms with Crippen molar-refractivity contribution >= 4 is 28.1 Å². The first-order chi connectivity index (χ1) is 16.0. The second-order valence-corrected chi connectivity index (χ2v) is 8.90. The molecule has 33 heavy (non-hydrogen) atoms. The summed E-state index contributed by atoms with van der Waals surface area (Å²) in [6, 6.07) is 9.51. The quantitative estimate of drug-likeness (QED) is 0.456. The number of amides is 2. The van der Waals surface area contributed by atoms with E-state index in [1.165, 1.54) is 11.3 Å². The van der Waals surface area contributed by atoms with E-state index in [1.807, 2.05) is 53.2 Å². The van der Waals surface area contributed by atoms with Gasteiger partial charge in [0, 0.05) is 42.0 Å². The largest absolute Gasteiger partial charge is 0.394 e. The highest BCUT2D eigenvalue weighted by Crippen LogP contribution is 2.25. The van der Waals surface area contributed by atoms with Crippen molar-refractivity contribution in [1.29, 1.82) is 0 Å². The lowest BCUT2D eigenvalue weighted by atomic mass is 10.0. The number of hydrogen-bond donors (Lipinski definition) is 2. The summed E-state index contributed by atoms with van der Waals surface area (Å²) < 4.78 is 3.52. The lowest BCUT2D eigenvalue weighted by molar-refractivity contribution is 0.0724. The minimum atomic E-state index is -0.295. The molecule has 1 aliphatic rings. The summed E-state index contributed by atoms with van der Waals surface area (Å²) in [6.45, 7) is 2.91. The number of aliphatic hydroxyl groups excluding tert-OH is 1. The molecule has 0 fully saturated rings. The van der Waals surface area contributed by atoms with Crippen molar-refractivity contribution in [3.8, 4) is 0 Å². The monoisotopic (exact) mass is 464 g/mol. The first kappa shape index (κ1) is 21.4. The van der Waals surface area contributed by atoms with Crippen LogP contribution in [0.2, 0.25) is 0 Å². The number of thiazole rings is 1. The Kier molecular flexibility index (Phi) is 5.69. The van der Waals surface area contributed by atoms with Crippen LogP contribution in [0.1, 0.15) is 50.8 Å². The maximum absolute atomic E-state index is 13.2. The molecular weight excluding hydrogens is 440 g/mol. The van der Waals surface area contributed by atoms with Crippen molar-refractivity contribution < 1.29 is 14.7 Å². The fourth-order valence-electron chi connectivity index (χ4n) is 4.21. The number of carbonyl (C=O) groups is 2. The van der Waals surface area contributed by atoms with Crippen molar-refractivity contribution in [2.45, 2.75) is 32.5 Å². The van der Waals surface area contributed by atoms with Gasteiger partial charge in [-0.3, -0.25) is 18.7 Å². The Morgan fingerprint density at radius 1 is 1.27 bits per heavy atom. The van der Waals surface area contributed by atoms with Crippen LogP contribution < -0.4 is 5.32 Å². The molecule has 0 saturated carbocycles. The lowest BCUT2D eigenvalue weighted by Crippen LogP contribution is -2.37. The number of aliphatic hydroxyl groups is 1. The van der Waals surface area contributed by atoms with Gasteiger partial charge >= 0.3 is 0 Å². The molecule has 1 aliphatic heterocycles. The minimum absolute atomic E-state index is 0.0797. The molecule has 5 rings (SSSR count). The Balaban J connectivity index is 1.40. The van der Waals surface area contributed by atoms with E-state index in [0.29, 0.717) is 30.9 Å². The number of fused-ring (bicyclic) bond motifs is 2. The Bertz CT molecular complexity index is 1280. The van der Waals surface area contributed by atoms with E-state index in [4.69, 9.17) is 0 Å². The third-order valence-electron chi connectivity index (χ3n) is 5.91. The highest BCUT2D eigenvalue weighted by molar-refractivity contribution is 7.15. The van der Waals surface area contributed by atoms with Crippen molar-refractivity contribution in [1.82, 2.24) is 29.4 Å². The molecule has 2 amide bonds. The fourth-order valence-corrected chi connectivity index (χ4v) is 4.91. The van der Waals surface area contributed by atoms with E-state index in [2.05, 4.69) is 15.4 Å². The Hall–Kier alpha value is -3.50. The standard InChI is InChI=1S/C23H24N6O3S/c1-15(16-5-3-2-4-6-16)24-21(31)20-17-13-27(8-7-19(17)29(26-20)9-11-30)22(32)18-14-28-10-12-33-23(28)25-18/h2-6,10,12,14-15,30H,7-9,11,13H2,1H3,(H,24,31). The number of imidazole rings is 1. The van der Waals surface area contributed by atoms with Crippen LogP contribution in [-0.4, -0.2) is 54.1 Å². The summed E-state index contributed by atoms with van der Waals surface area (Å²) in [7, 11) is 0. The third kappa shape index (κ3) is 4.03. The van der Waals surface area contributed by atoms with Gasteiger partial charge < -0.3 is 15.3 Å². The van der Waals surface area contributed by atoms with Gasteiger partial charge in [-0.05, 0) is 12.5 Å². The number of carbonyl (C=O) groups excluding carboxylic acids is 2. The molecule has 0 bridgehead atoms. The van der Waals surface area contributed by atoms with Gasteiger partial charge in [0.05, 0.1) is 25.7 Å². The molecule has 0 spiro atoms. The van der Waals surface area contributed by atoms with E-state index in [-0.39, 0.29) is 31.0 Å². The number of nitrogens with zero attached hydrogens (tertiary/aromatic N) is 5. The van der Waals surface area contributed by atoms with Crippen molar-refractivity contribution in [2.24, 2.45) is 0 Å². The molecule has 0 saturated heterocycles. The molecule has 1 aromatic carbocycles. The van der Waals surface area contributed by atoms with Crippen LogP contribution in [0.15, 0.2) is 48.1 Å². The highest BCUT2D eigenvalue weighted by Gasteiger charge is 2.31. The summed E-state index contributed by atoms with van der Waals surface area (Å²) in [4.78, 5) is 33.2. The smallest absolute Gasteiger partial charge is 0.274 e. The molecule has 3 aromatic heterocycles. The van der Waals surface area contributed by atoms with Crippen molar-refractivity contribution in [3.63, 3.8) is 0 Å².